The molecule has 1 aromatic carbocycles. The predicted molar refractivity (Wildman–Crippen MR) is 93.2 cm³/mol. The number of benzene rings is 1. The fraction of sp³-hybridized carbons (Fsp3) is 0.316. The molecule has 1 aromatic heterocycles. The maximum Gasteiger partial charge on any atom is 0.271 e. The van der Waals surface area contributed by atoms with E-state index in [4.69, 9.17) is 10.00 Å². The van der Waals surface area contributed by atoms with Crippen molar-refractivity contribution in [1.82, 2.24) is 4.57 Å². The second-order valence-corrected chi connectivity index (χ2v) is 6.11. The lowest BCUT2D eigenvalue weighted by atomic mass is 10.0. The highest BCUT2D eigenvalue weighted by Gasteiger charge is 2.22. The average molecular weight is 340 g/mol. The van der Waals surface area contributed by atoms with Crippen molar-refractivity contribution in [1.29, 1.82) is 5.26 Å². The van der Waals surface area contributed by atoms with Gasteiger partial charge in [-0.3, -0.25) is 14.2 Å². The molecule has 0 aliphatic rings. The summed E-state index contributed by atoms with van der Waals surface area (Å²) in [6.07, 6.45) is 0. The number of nitrogens with zero attached hydrogens (tertiary/aromatic N) is 2. The summed E-state index contributed by atoms with van der Waals surface area (Å²) in [4.78, 5) is 24.4. The molecule has 0 aliphatic carbocycles. The maximum absolute atomic E-state index is 12.5. The van der Waals surface area contributed by atoms with E-state index in [-0.39, 0.29) is 23.3 Å². The molecule has 0 amide bonds. The molecule has 0 radical (unpaired) electrons. The number of hydrogen-bond donors (Lipinski definition) is 1. The summed E-state index contributed by atoms with van der Waals surface area (Å²) in [7, 11) is 1.31. The number of rotatable bonds is 5. The van der Waals surface area contributed by atoms with Crippen LogP contribution in [0.25, 0.3) is 0 Å². The van der Waals surface area contributed by atoms with Crippen LogP contribution in [0.4, 0.5) is 0 Å². The van der Waals surface area contributed by atoms with Gasteiger partial charge in [0.1, 0.15) is 17.4 Å². The first-order valence-corrected chi connectivity index (χ1v) is 7.86. The molecule has 0 fully saturated rings. The predicted octanol–water partition coefficient (Wildman–Crippen LogP) is 2.66. The minimum absolute atomic E-state index is 0.0718. The summed E-state index contributed by atoms with van der Waals surface area (Å²) >= 11 is 0. The van der Waals surface area contributed by atoms with Crippen LogP contribution in [0.1, 0.15) is 46.8 Å². The Hall–Kier alpha value is -3.07. The quantitative estimate of drug-likeness (QED) is 0.845. The number of nitriles is 1. The van der Waals surface area contributed by atoms with Gasteiger partial charge in [0.15, 0.2) is 6.61 Å². The van der Waals surface area contributed by atoms with Crippen LogP contribution >= 0.6 is 0 Å². The molecular formula is C19H20N2O4. The van der Waals surface area contributed by atoms with Gasteiger partial charge in [0.05, 0.1) is 5.56 Å². The first kappa shape index (κ1) is 18.3. The Morgan fingerprint density at radius 1 is 1.32 bits per heavy atom. The molecule has 0 aliphatic heterocycles. The zero-order valence-electron chi connectivity index (χ0n) is 14.7. The number of aromatic nitrogens is 1. The molecule has 0 bridgehead atoms. The highest BCUT2D eigenvalue weighted by Crippen LogP contribution is 2.22. The molecule has 0 spiro atoms. The van der Waals surface area contributed by atoms with Crippen molar-refractivity contribution < 1.29 is 14.6 Å². The zero-order valence-corrected chi connectivity index (χ0v) is 14.7. The van der Waals surface area contributed by atoms with Gasteiger partial charge in [-0.2, -0.15) is 5.26 Å². The molecule has 0 unspecified atom stereocenters. The Morgan fingerprint density at radius 2 is 1.92 bits per heavy atom. The monoisotopic (exact) mass is 340 g/mol. The average Bonchev–Trinajstić information content (AvgIpc) is 2.59. The molecule has 0 atom stereocenters. The van der Waals surface area contributed by atoms with E-state index < -0.39 is 17.2 Å². The molecule has 130 valence electrons. The molecule has 2 aromatic rings. The van der Waals surface area contributed by atoms with Crippen LogP contribution in [-0.2, 0) is 7.05 Å². The number of ether oxygens (including phenoxy) is 1. The molecular weight excluding hydrogens is 320 g/mol. The Bertz CT molecular complexity index is 903. The lowest BCUT2D eigenvalue weighted by Gasteiger charge is -2.13. The van der Waals surface area contributed by atoms with Crippen molar-refractivity contribution in [2.75, 3.05) is 6.61 Å². The largest absolute Gasteiger partial charge is 0.494 e. The van der Waals surface area contributed by atoms with Gasteiger partial charge in [-0.15, -0.1) is 0 Å². The van der Waals surface area contributed by atoms with Crippen LogP contribution in [0, 0.1) is 18.3 Å². The molecule has 25 heavy (non-hydrogen) atoms. The van der Waals surface area contributed by atoms with Crippen LogP contribution in [0.5, 0.6) is 11.6 Å². The molecule has 0 saturated carbocycles. The van der Waals surface area contributed by atoms with E-state index in [0.717, 1.165) is 10.1 Å². The van der Waals surface area contributed by atoms with E-state index >= 15 is 0 Å². The Labute approximate surface area is 145 Å². The van der Waals surface area contributed by atoms with Gasteiger partial charge in [0, 0.05) is 7.05 Å². The third-order valence-corrected chi connectivity index (χ3v) is 4.12. The summed E-state index contributed by atoms with van der Waals surface area (Å²) in [6.45, 7) is 5.32. The Kier molecular flexibility index (Phi) is 5.28. The zero-order chi connectivity index (χ0) is 18.7. The van der Waals surface area contributed by atoms with Crippen LogP contribution in [0.3, 0.4) is 0 Å². The first-order valence-electron chi connectivity index (χ1n) is 7.86. The van der Waals surface area contributed by atoms with Crippen LogP contribution in [0.2, 0.25) is 0 Å². The summed E-state index contributed by atoms with van der Waals surface area (Å²) in [5, 5.41) is 19.2. The second kappa shape index (κ2) is 7.22. The van der Waals surface area contributed by atoms with Gasteiger partial charge in [-0.25, -0.2) is 0 Å². The van der Waals surface area contributed by atoms with E-state index in [1.165, 1.54) is 14.0 Å². The fourth-order valence-corrected chi connectivity index (χ4v) is 2.52. The standard InChI is InChI=1S/C19H20N2O4/c1-11(2)13-5-7-14(8-6-13)25-10-16(22)17-12(3)15(9-20)18(23)21(4)19(17)24/h5-8,11,24H,10H2,1-4H3. The lowest BCUT2D eigenvalue weighted by molar-refractivity contribution is 0.0916. The number of Topliss-reactive ketones (excluding diaryl/α,β-unsaturated/α-hetero) is 1. The van der Waals surface area contributed by atoms with Crippen LogP contribution in [0.15, 0.2) is 29.1 Å². The minimum atomic E-state index is -0.640. The minimum Gasteiger partial charge on any atom is -0.494 e. The van der Waals surface area contributed by atoms with E-state index in [9.17, 15) is 14.7 Å². The Balaban J connectivity index is 2.26. The van der Waals surface area contributed by atoms with Gasteiger partial charge in [0.25, 0.3) is 5.56 Å². The number of hydrogen-bond acceptors (Lipinski definition) is 5. The number of aromatic hydroxyl groups is 1. The number of carbonyl (C=O) groups is 1. The van der Waals surface area contributed by atoms with Gasteiger partial charge in [-0.1, -0.05) is 26.0 Å². The van der Waals surface area contributed by atoms with Gasteiger partial charge >= 0.3 is 0 Å². The van der Waals surface area contributed by atoms with Crippen LogP contribution in [-0.4, -0.2) is 22.1 Å². The smallest absolute Gasteiger partial charge is 0.271 e. The molecule has 1 N–H and O–H groups in total. The van der Waals surface area contributed by atoms with Crippen molar-refractivity contribution in [3.63, 3.8) is 0 Å². The second-order valence-electron chi connectivity index (χ2n) is 6.11. The van der Waals surface area contributed by atoms with Crippen molar-refractivity contribution in [2.24, 2.45) is 7.05 Å². The maximum atomic E-state index is 12.5. The van der Waals surface area contributed by atoms with Gasteiger partial charge in [-0.05, 0) is 36.1 Å². The fourth-order valence-electron chi connectivity index (χ4n) is 2.52. The van der Waals surface area contributed by atoms with Crippen LogP contribution < -0.4 is 10.3 Å². The molecule has 0 saturated heterocycles. The van der Waals surface area contributed by atoms with E-state index in [1.807, 2.05) is 12.1 Å². The molecule has 1 heterocycles. The number of pyridine rings is 1. The third kappa shape index (κ3) is 3.56. The highest BCUT2D eigenvalue weighted by atomic mass is 16.5. The highest BCUT2D eigenvalue weighted by molar-refractivity contribution is 6.01. The van der Waals surface area contributed by atoms with E-state index in [0.29, 0.717) is 11.7 Å². The van der Waals surface area contributed by atoms with Gasteiger partial charge < -0.3 is 9.84 Å². The normalized spacial score (nSPS) is 10.6. The van der Waals surface area contributed by atoms with Crippen molar-refractivity contribution in [3.05, 3.63) is 56.9 Å². The summed E-state index contributed by atoms with van der Waals surface area (Å²) < 4.78 is 6.36. The molecule has 6 heteroatoms. The number of carbonyl (C=O) groups excluding carboxylic acids is 1. The van der Waals surface area contributed by atoms with Crippen molar-refractivity contribution in [2.45, 2.75) is 26.7 Å². The lowest BCUT2D eigenvalue weighted by Crippen LogP contribution is -2.25. The first-order chi connectivity index (χ1) is 11.8. The number of ketones is 1. The van der Waals surface area contributed by atoms with Gasteiger partial charge in [0.2, 0.25) is 11.7 Å². The third-order valence-electron chi connectivity index (χ3n) is 4.12. The van der Waals surface area contributed by atoms with Crippen molar-refractivity contribution >= 4 is 5.78 Å². The van der Waals surface area contributed by atoms with Crippen molar-refractivity contribution in [3.8, 4) is 17.7 Å². The topological polar surface area (TPSA) is 92.3 Å². The summed E-state index contributed by atoms with van der Waals surface area (Å²) in [5.41, 5.74) is 0.442. The molecule has 6 nitrogen and oxygen atoms in total. The Morgan fingerprint density at radius 3 is 2.44 bits per heavy atom. The van der Waals surface area contributed by atoms with E-state index in [2.05, 4.69) is 13.8 Å². The van der Waals surface area contributed by atoms with E-state index in [1.54, 1.807) is 18.2 Å². The molecule has 2 rings (SSSR count). The SMILES string of the molecule is Cc1c(C(=O)COc2ccc(C(C)C)cc2)c(O)n(C)c(=O)c1C#N. The summed E-state index contributed by atoms with van der Waals surface area (Å²) in [5.74, 6) is -0.0502. The summed E-state index contributed by atoms with van der Waals surface area (Å²) in [6, 6.07) is 9.18.